The molecular formula is C20H14BrN5O5S. The first-order valence-corrected chi connectivity index (χ1v) is 11.1. The van der Waals surface area contributed by atoms with Crippen LogP contribution < -0.4 is 19.5 Å². The second-order valence-corrected chi connectivity index (χ2v) is 8.60. The van der Waals surface area contributed by atoms with Gasteiger partial charge in [-0.3, -0.25) is 10.1 Å². The van der Waals surface area contributed by atoms with E-state index in [1.54, 1.807) is 12.1 Å². The molecule has 0 saturated carbocycles. The molecule has 1 N–H and O–H groups in total. The van der Waals surface area contributed by atoms with Crippen molar-refractivity contribution in [2.75, 3.05) is 17.9 Å². The number of aromatic nitrogens is 3. The molecule has 3 heterocycles. The van der Waals surface area contributed by atoms with Crippen LogP contribution in [0.1, 0.15) is 11.8 Å². The first kappa shape index (κ1) is 20.5. The molecule has 0 amide bonds. The van der Waals surface area contributed by atoms with Gasteiger partial charge in [-0.05, 0) is 24.3 Å². The van der Waals surface area contributed by atoms with Crippen LogP contribution in [0.25, 0.3) is 11.3 Å². The molecule has 0 aliphatic carbocycles. The zero-order chi connectivity index (χ0) is 22.2. The lowest BCUT2D eigenvalue weighted by Crippen LogP contribution is -2.18. The molecule has 2 aromatic carbocycles. The predicted octanol–water partition coefficient (Wildman–Crippen LogP) is 4.72. The summed E-state index contributed by atoms with van der Waals surface area (Å²) < 4.78 is 17.7. The Balaban J connectivity index is 1.66. The van der Waals surface area contributed by atoms with Gasteiger partial charge in [-0.1, -0.05) is 33.8 Å². The smallest absolute Gasteiger partial charge is 0.282 e. The van der Waals surface area contributed by atoms with Gasteiger partial charge in [0.05, 0.1) is 16.6 Å². The third-order valence-electron chi connectivity index (χ3n) is 4.72. The Kier molecular flexibility index (Phi) is 5.31. The lowest BCUT2D eigenvalue weighted by molar-refractivity contribution is -0.386. The summed E-state index contributed by atoms with van der Waals surface area (Å²) in [7, 11) is 0. The van der Waals surface area contributed by atoms with Gasteiger partial charge in [-0.2, -0.15) is 4.98 Å². The van der Waals surface area contributed by atoms with E-state index in [1.807, 2.05) is 18.2 Å². The minimum Gasteiger partial charge on any atom is -0.454 e. The summed E-state index contributed by atoms with van der Waals surface area (Å²) in [4.78, 5) is 15.8. The number of thioether (sulfide) groups is 1. The summed E-state index contributed by atoms with van der Waals surface area (Å²) in [5.41, 5.74) is 1.87. The van der Waals surface area contributed by atoms with Gasteiger partial charge in [0.1, 0.15) is 0 Å². The van der Waals surface area contributed by atoms with Gasteiger partial charge in [0.25, 0.3) is 5.69 Å². The van der Waals surface area contributed by atoms with Crippen molar-refractivity contribution in [2.45, 2.75) is 11.4 Å². The van der Waals surface area contributed by atoms with Crippen LogP contribution in [0.3, 0.4) is 0 Å². The van der Waals surface area contributed by atoms with Gasteiger partial charge >= 0.3 is 0 Å². The molecule has 0 saturated heterocycles. The van der Waals surface area contributed by atoms with Crippen LogP contribution in [0, 0.1) is 10.1 Å². The molecule has 0 radical (unpaired) electrons. The SMILES string of the molecule is C=CCSc1nnc2c(n1)O[C@H](c1cc3c(cc1[N+](=O)[O-])OCO3)Nc1ccc(Br)cc1-2. The topological polar surface area (TPSA) is 122 Å². The van der Waals surface area contributed by atoms with Crippen LogP contribution in [0.2, 0.25) is 0 Å². The number of benzene rings is 2. The van der Waals surface area contributed by atoms with Crippen molar-refractivity contribution in [3.05, 3.63) is 63.1 Å². The molecular weight excluding hydrogens is 502 g/mol. The molecule has 10 nitrogen and oxygen atoms in total. The summed E-state index contributed by atoms with van der Waals surface area (Å²) in [6, 6.07) is 8.40. The molecule has 12 heteroatoms. The molecule has 0 fully saturated rings. The van der Waals surface area contributed by atoms with Crippen molar-refractivity contribution in [2.24, 2.45) is 0 Å². The highest BCUT2D eigenvalue weighted by atomic mass is 79.9. The number of nitrogens with one attached hydrogen (secondary N) is 1. The van der Waals surface area contributed by atoms with Gasteiger partial charge in [0.15, 0.2) is 17.2 Å². The largest absolute Gasteiger partial charge is 0.454 e. The molecule has 5 rings (SSSR count). The number of anilines is 1. The van der Waals surface area contributed by atoms with Crippen molar-refractivity contribution in [1.29, 1.82) is 0 Å². The van der Waals surface area contributed by atoms with Crippen LogP contribution in [0.5, 0.6) is 17.4 Å². The average Bonchev–Trinajstić information content (AvgIpc) is 3.18. The van der Waals surface area contributed by atoms with Crippen molar-refractivity contribution < 1.29 is 19.1 Å². The van der Waals surface area contributed by atoms with E-state index in [0.717, 1.165) is 4.47 Å². The highest BCUT2D eigenvalue weighted by molar-refractivity contribution is 9.10. The maximum absolute atomic E-state index is 11.8. The number of nitro benzene ring substituents is 1. The molecule has 2 aliphatic rings. The van der Waals surface area contributed by atoms with Crippen LogP contribution in [-0.2, 0) is 0 Å². The maximum Gasteiger partial charge on any atom is 0.282 e. The fourth-order valence-electron chi connectivity index (χ4n) is 3.32. The first-order chi connectivity index (χ1) is 15.5. The number of ether oxygens (including phenoxy) is 3. The monoisotopic (exact) mass is 515 g/mol. The second-order valence-electron chi connectivity index (χ2n) is 6.70. The van der Waals surface area contributed by atoms with E-state index in [0.29, 0.717) is 39.4 Å². The van der Waals surface area contributed by atoms with Gasteiger partial charge in [0.2, 0.25) is 24.1 Å². The summed E-state index contributed by atoms with van der Waals surface area (Å²) in [5.74, 6) is 1.51. The molecule has 1 aromatic heterocycles. The lowest BCUT2D eigenvalue weighted by Gasteiger charge is -2.19. The highest BCUT2D eigenvalue weighted by Gasteiger charge is 2.33. The van der Waals surface area contributed by atoms with E-state index in [1.165, 1.54) is 17.8 Å². The van der Waals surface area contributed by atoms with Gasteiger partial charge in [0, 0.05) is 21.5 Å². The van der Waals surface area contributed by atoms with Crippen LogP contribution >= 0.6 is 27.7 Å². The number of hydrogen-bond donors (Lipinski definition) is 1. The number of hydrogen-bond acceptors (Lipinski definition) is 10. The average molecular weight is 516 g/mol. The molecule has 3 aromatic rings. The summed E-state index contributed by atoms with van der Waals surface area (Å²) in [6.07, 6.45) is 0.785. The third-order valence-corrected chi connectivity index (χ3v) is 6.05. The molecule has 32 heavy (non-hydrogen) atoms. The quantitative estimate of drug-likeness (QED) is 0.221. The fraction of sp³-hybridized carbons (Fsp3) is 0.150. The van der Waals surface area contributed by atoms with E-state index in [2.05, 4.69) is 43.0 Å². The van der Waals surface area contributed by atoms with Crippen molar-refractivity contribution >= 4 is 39.1 Å². The standard InChI is InChI=1S/C20H14BrN5O5S/c1-2-5-32-20-23-19-17(24-25-20)11-6-10(21)3-4-13(11)22-18(31-19)12-7-15-16(30-9-29-15)8-14(12)26(27)28/h2-4,6-8,18,22H,1,5,9H2/t18-/m1/s1. The lowest BCUT2D eigenvalue weighted by atomic mass is 10.1. The van der Waals surface area contributed by atoms with Crippen molar-refractivity contribution in [3.8, 4) is 28.6 Å². The van der Waals surface area contributed by atoms with Crippen LogP contribution in [0.4, 0.5) is 11.4 Å². The number of nitrogens with zero attached hydrogens (tertiary/aromatic N) is 4. The number of rotatable bonds is 5. The number of fused-ring (bicyclic) bond motifs is 4. The molecule has 1 atom stereocenters. The van der Waals surface area contributed by atoms with Crippen molar-refractivity contribution in [1.82, 2.24) is 15.2 Å². The van der Waals surface area contributed by atoms with E-state index in [-0.39, 0.29) is 23.9 Å². The Labute approximate surface area is 194 Å². The fourth-order valence-corrected chi connectivity index (χ4v) is 4.19. The molecule has 0 spiro atoms. The van der Waals surface area contributed by atoms with E-state index in [9.17, 15) is 10.1 Å². The Hall–Kier alpha value is -3.38. The van der Waals surface area contributed by atoms with E-state index >= 15 is 0 Å². The van der Waals surface area contributed by atoms with Gasteiger partial charge in [-0.25, -0.2) is 0 Å². The van der Waals surface area contributed by atoms with Crippen LogP contribution in [0.15, 0.2) is 52.6 Å². The minimum atomic E-state index is -0.944. The maximum atomic E-state index is 11.8. The first-order valence-electron chi connectivity index (χ1n) is 9.33. The molecule has 162 valence electrons. The number of halogens is 1. The molecule has 0 unspecified atom stereocenters. The third kappa shape index (κ3) is 3.71. The zero-order valence-electron chi connectivity index (χ0n) is 16.3. The Morgan fingerprint density at radius 1 is 1.28 bits per heavy atom. The van der Waals surface area contributed by atoms with Crippen molar-refractivity contribution in [3.63, 3.8) is 0 Å². The Bertz CT molecular complexity index is 1260. The highest BCUT2D eigenvalue weighted by Crippen LogP contribution is 2.45. The predicted molar refractivity (Wildman–Crippen MR) is 120 cm³/mol. The summed E-state index contributed by atoms with van der Waals surface area (Å²) in [6.45, 7) is 3.69. The normalized spacial score (nSPS) is 15.6. The Morgan fingerprint density at radius 3 is 2.88 bits per heavy atom. The molecule has 0 bridgehead atoms. The Morgan fingerprint density at radius 2 is 2.09 bits per heavy atom. The van der Waals surface area contributed by atoms with Crippen LogP contribution in [-0.4, -0.2) is 32.7 Å². The van der Waals surface area contributed by atoms with E-state index < -0.39 is 11.2 Å². The van der Waals surface area contributed by atoms with Gasteiger partial charge in [-0.15, -0.1) is 16.8 Å². The molecule has 2 aliphatic heterocycles. The van der Waals surface area contributed by atoms with Gasteiger partial charge < -0.3 is 19.5 Å². The minimum absolute atomic E-state index is 0.00435. The second kappa shape index (κ2) is 8.28. The van der Waals surface area contributed by atoms with E-state index in [4.69, 9.17) is 14.2 Å². The summed E-state index contributed by atoms with van der Waals surface area (Å²) >= 11 is 4.82. The zero-order valence-corrected chi connectivity index (χ0v) is 18.7. The summed E-state index contributed by atoms with van der Waals surface area (Å²) in [5, 5.41) is 24.0. The number of nitro groups is 1.